The van der Waals surface area contributed by atoms with Gasteiger partial charge in [-0.05, 0) is 50.9 Å². The van der Waals surface area contributed by atoms with Crippen molar-refractivity contribution in [3.63, 3.8) is 0 Å². The van der Waals surface area contributed by atoms with Crippen LogP contribution in [0.3, 0.4) is 0 Å². The number of aliphatic imine (C=N–C) groups is 1. The number of nitrogens with one attached hydrogen (secondary N) is 3. The number of amides is 2. The normalized spacial score (nSPS) is 24.2. The van der Waals surface area contributed by atoms with E-state index in [1.54, 1.807) is 49.5 Å². The van der Waals surface area contributed by atoms with Crippen molar-refractivity contribution < 1.29 is 14.7 Å². The Morgan fingerprint density at radius 2 is 2.15 bits per heavy atom. The standard InChI is InChI=1S/C27H28N8O3S/c1-3-30-25(38)34-27(22-16-28-9-7-26(22,2)24(36)37)33-8-4-12-35(27)20-13-18(23-21(14-20)32-17-39-23)5-6-19-15-29-10-11-31-19/h4,8,10-15,17,22,28H,3,7,9,16H2,1-2H3,(H,36,37)(H2,30,34,38). The SMILES string of the molecule is CCNC(=O)NC1(C2CNCCC2(C)C(=O)O)N=CC=CN1c1cc(C#Cc2cnccn2)c2scnc2c1. The summed E-state index contributed by atoms with van der Waals surface area (Å²) >= 11 is 1.47. The summed E-state index contributed by atoms with van der Waals surface area (Å²) in [4.78, 5) is 45.2. The lowest BCUT2D eigenvalue weighted by molar-refractivity contribution is -0.155. The molecule has 0 radical (unpaired) electrons. The number of carboxylic acid groups (broad SMARTS) is 1. The van der Waals surface area contributed by atoms with E-state index in [0.29, 0.717) is 43.0 Å². The molecule has 2 aliphatic rings. The summed E-state index contributed by atoms with van der Waals surface area (Å²) in [6, 6.07) is 3.34. The molecule has 5 rings (SSSR count). The van der Waals surface area contributed by atoms with E-state index in [0.717, 1.165) is 10.2 Å². The number of aromatic nitrogens is 3. The number of piperidine rings is 1. The van der Waals surface area contributed by atoms with Gasteiger partial charge in [-0.25, -0.2) is 19.8 Å². The number of urea groups is 1. The highest BCUT2D eigenvalue weighted by Crippen LogP contribution is 2.45. The van der Waals surface area contributed by atoms with Gasteiger partial charge in [-0.15, -0.1) is 11.3 Å². The first-order valence-electron chi connectivity index (χ1n) is 12.5. The van der Waals surface area contributed by atoms with E-state index in [1.165, 1.54) is 11.3 Å². The third-order valence-corrected chi connectivity index (χ3v) is 7.97. The predicted octanol–water partition coefficient (Wildman–Crippen LogP) is 2.56. The topological polar surface area (TPSA) is 145 Å². The lowest BCUT2D eigenvalue weighted by atomic mass is 9.68. The highest BCUT2D eigenvalue weighted by molar-refractivity contribution is 7.17. The van der Waals surface area contributed by atoms with Crippen LogP contribution in [-0.2, 0) is 4.79 Å². The van der Waals surface area contributed by atoms with Gasteiger partial charge in [0.25, 0.3) is 0 Å². The Morgan fingerprint density at radius 3 is 2.92 bits per heavy atom. The Hall–Kier alpha value is -4.34. The van der Waals surface area contributed by atoms with Gasteiger partial charge in [-0.2, -0.15) is 0 Å². The van der Waals surface area contributed by atoms with Crippen molar-refractivity contribution in [3.05, 3.63) is 59.8 Å². The Labute approximate surface area is 229 Å². The lowest BCUT2D eigenvalue weighted by Crippen LogP contribution is -2.71. The number of benzene rings is 1. The summed E-state index contributed by atoms with van der Waals surface area (Å²) in [5.41, 5.74) is 3.19. The molecule has 2 aromatic heterocycles. The van der Waals surface area contributed by atoms with Crippen molar-refractivity contribution in [2.75, 3.05) is 24.5 Å². The summed E-state index contributed by atoms with van der Waals surface area (Å²) in [6.07, 6.45) is 10.3. The van der Waals surface area contributed by atoms with Crippen molar-refractivity contribution in [1.82, 2.24) is 30.9 Å². The third-order valence-electron chi connectivity index (χ3n) is 7.09. The summed E-state index contributed by atoms with van der Waals surface area (Å²) in [5, 5.41) is 19.5. The fourth-order valence-corrected chi connectivity index (χ4v) is 5.81. The van der Waals surface area contributed by atoms with Gasteiger partial charge in [0.15, 0.2) is 0 Å². The lowest BCUT2D eigenvalue weighted by Gasteiger charge is -2.52. The van der Waals surface area contributed by atoms with Crippen LogP contribution < -0.4 is 20.9 Å². The van der Waals surface area contributed by atoms with Crippen molar-refractivity contribution in [1.29, 1.82) is 0 Å². The minimum absolute atomic E-state index is 0.329. The highest BCUT2D eigenvalue weighted by atomic mass is 32.1. The molecule has 3 aromatic rings. The van der Waals surface area contributed by atoms with Crippen molar-refractivity contribution >= 4 is 45.5 Å². The van der Waals surface area contributed by atoms with Gasteiger partial charge in [-0.1, -0.05) is 5.92 Å². The summed E-state index contributed by atoms with van der Waals surface area (Å²) in [5.74, 6) is 3.22. The zero-order chi connectivity index (χ0) is 27.5. The average molecular weight is 545 g/mol. The number of hydrogen-bond donors (Lipinski definition) is 4. The number of allylic oxidation sites excluding steroid dienone is 1. The van der Waals surface area contributed by atoms with Gasteiger partial charge < -0.3 is 20.6 Å². The molecular weight excluding hydrogens is 516 g/mol. The van der Waals surface area contributed by atoms with Crippen molar-refractivity contribution in [2.24, 2.45) is 16.3 Å². The first-order chi connectivity index (χ1) is 18.9. The number of carbonyl (C=O) groups excluding carboxylic acids is 1. The summed E-state index contributed by atoms with van der Waals surface area (Å²) in [6.45, 7) is 4.80. The molecule has 1 saturated heterocycles. The van der Waals surface area contributed by atoms with Gasteiger partial charge >= 0.3 is 12.0 Å². The number of carbonyl (C=O) groups is 2. The molecule has 12 heteroatoms. The number of rotatable bonds is 5. The number of nitrogens with zero attached hydrogens (tertiary/aromatic N) is 5. The van der Waals surface area contributed by atoms with Crippen LogP contribution in [0.15, 0.2) is 53.5 Å². The van der Waals surface area contributed by atoms with Gasteiger partial charge in [-0.3, -0.25) is 15.1 Å². The van der Waals surface area contributed by atoms with E-state index < -0.39 is 29.1 Å². The van der Waals surface area contributed by atoms with Crippen molar-refractivity contribution in [2.45, 2.75) is 26.1 Å². The summed E-state index contributed by atoms with van der Waals surface area (Å²) in [7, 11) is 0. The van der Waals surface area contributed by atoms with E-state index in [-0.39, 0.29) is 0 Å². The highest BCUT2D eigenvalue weighted by Gasteiger charge is 2.57. The largest absolute Gasteiger partial charge is 0.481 e. The first-order valence-corrected chi connectivity index (χ1v) is 13.4. The first kappa shape index (κ1) is 26.3. The minimum Gasteiger partial charge on any atom is -0.481 e. The molecule has 39 heavy (non-hydrogen) atoms. The average Bonchev–Trinajstić information content (AvgIpc) is 3.42. The maximum absolute atomic E-state index is 13.1. The van der Waals surface area contributed by atoms with E-state index >= 15 is 0 Å². The second-order valence-corrected chi connectivity index (χ2v) is 10.3. The molecule has 200 valence electrons. The van der Waals surface area contributed by atoms with Crippen LogP contribution in [-0.4, -0.2) is 63.7 Å². The minimum atomic E-state index is -1.45. The second kappa shape index (κ2) is 10.8. The number of fused-ring (bicyclic) bond motifs is 1. The zero-order valence-electron chi connectivity index (χ0n) is 21.5. The molecular formula is C27H28N8O3S. The van der Waals surface area contributed by atoms with Crippen LogP contribution in [0.5, 0.6) is 0 Å². The van der Waals surface area contributed by atoms with Crippen molar-refractivity contribution in [3.8, 4) is 11.8 Å². The van der Waals surface area contributed by atoms with Crippen LogP contribution in [0.2, 0.25) is 0 Å². The van der Waals surface area contributed by atoms with Gasteiger partial charge in [0.2, 0.25) is 5.79 Å². The van der Waals surface area contributed by atoms with Crippen LogP contribution in [0.4, 0.5) is 10.5 Å². The monoisotopic (exact) mass is 544 g/mol. The maximum Gasteiger partial charge on any atom is 0.318 e. The van der Waals surface area contributed by atoms with Crippen LogP contribution >= 0.6 is 11.3 Å². The molecule has 11 nitrogen and oxygen atoms in total. The fourth-order valence-electron chi connectivity index (χ4n) is 5.07. The van der Waals surface area contributed by atoms with E-state index in [9.17, 15) is 14.7 Å². The Balaban J connectivity index is 1.67. The van der Waals surface area contributed by atoms with E-state index in [4.69, 9.17) is 4.99 Å². The predicted molar refractivity (Wildman–Crippen MR) is 149 cm³/mol. The van der Waals surface area contributed by atoms with E-state index in [2.05, 4.69) is 42.7 Å². The molecule has 1 fully saturated rings. The van der Waals surface area contributed by atoms with Crippen LogP contribution in [0, 0.1) is 23.2 Å². The molecule has 3 atom stereocenters. The molecule has 3 unspecified atom stereocenters. The molecule has 0 saturated carbocycles. The molecule has 2 aliphatic heterocycles. The van der Waals surface area contributed by atoms with Crippen LogP contribution in [0.25, 0.3) is 10.2 Å². The third kappa shape index (κ3) is 4.94. The Kier molecular flexibility index (Phi) is 7.28. The molecule has 1 aromatic carbocycles. The van der Waals surface area contributed by atoms with Gasteiger partial charge in [0.05, 0.1) is 33.3 Å². The fraction of sp³-hybridized carbons (Fsp3) is 0.333. The molecule has 4 heterocycles. The molecule has 0 spiro atoms. The number of thiazole rings is 1. The molecule has 4 N–H and O–H groups in total. The molecule has 0 aliphatic carbocycles. The smallest absolute Gasteiger partial charge is 0.318 e. The number of anilines is 1. The quantitative estimate of drug-likeness (QED) is 0.359. The van der Waals surface area contributed by atoms with E-state index in [1.807, 2.05) is 24.0 Å². The second-order valence-electron chi connectivity index (χ2n) is 9.46. The number of hydrogen-bond acceptors (Lipinski definition) is 9. The summed E-state index contributed by atoms with van der Waals surface area (Å²) < 4.78 is 0.900. The van der Waals surface area contributed by atoms with Gasteiger partial charge in [0, 0.05) is 49.1 Å². The molecule has 0 bridgehead atoms. The Bertz CT molecular complexity index is 1510. The number of aliphatic carboxylic acids is 1. The zero-order valence-corrected chi connectivity index (χ0v) is 22.3. The maximum atomic E-state index is 13.1. The van der Waals surface area contributed by atoms with Crippen LogP contribution in [0.1, 0.15) is 31.5 Å². The van der Waals surface area contributed by atoms with Gasteiger partial charge in [0.1, 0.15) is 5.69 Å². The Morgan fingerprint density at radius 1 is 1.28 bits per heavy atom. The number of carboxylic acids is 1. The molecule has 2 amide bonds.